The number of ether oxygens (including phenoxy) is 1. The number of halogens is 1. The number of hydrogen-bond donors (Lipinski definition) is 0. The quantitative estimate of drug-likeness (QED) is 0.763. The second-order valence-corrected chi connectivity index (χ2v) is 5.26. The number of carbonyl (C=O) groups is 1. The fourth-order valence-corrected chi connectivity index (χ4v) is 2.75. The van der Waals surface area contributed by atoms with E-state index in [-0.39, 0.29) is 5.78 Å². The van der Waals surface area contributed by atoms with Gasteiger partial charge in [-0.2, -0.15) is 0 Å². The molecule has 1 heterocycles. The molecule has 0 atom stereocenters. The number of thioether (sulfide) groups is 1. The second kappa shape index (κ2) is 4.56. The van der Waals surface area contributed by atoms with Crippen molar-refractivity contribution in [1.29, 1.82) is 0 Å². The van der Waals surface area contributed by atoms with Crippen molar-refractivity contribution in [2.45, 2.75) is 17.1 Å². The summed E-state index contributed by atoms with van der Waals surface area (Å²) in [5.74, 6) is 0.00327. The second-order valence-electron chi connectivity index (χ2n) is 3.48. The molecule has 0 aliphatic carbocycles. The zero-order valence-corrected chi connectivity index (χ0v) is 9.90. The van der Waals surface area contributed by atoms with Gasteiger partial charge in [0.2, 0.25) is 0 Å². The fourth-order valence-electron chi connectivity index (χ4n) is 1.33. The third kappa shape index (κ3) is 2.54. The van der Waals surface area contributed by atoms with Crippen molar-refractivity contribution in [2.75, 3.05) is 13.2 Å². The summed E-state index contributed by atoms with van der Waals surface area (Å²) in [5, 5.41) is 1.07. The molecule has 0 spiro atoms. The number of carbonyl (C=O) groups excluding carboxylic acids is 1. The van der Waals surface area contributed by atoms with E-state index in [9.17, 15) is 4.79 Å². The SMILES string of the molecule is CC(=O)c1ccc(SC2COC2)cc1Cl. The van der Waals surface area contributed by atoms with Crippen LogP contribution in [0.3, 0.4) is 0 Å². The summed E-state index contributed by atoms with van der Waals surface area (Å²) in [5.41, 5.74) is 0.589. The van der Waals surface area contributed by atoms with Gasteiger partial charge in [-0.3, -0.25) is 4.79 Å². The zero-order valence-electron chi connectivity index (χ0n) is 8.33. The molecule has 1 aliphatic heterocycles. The molecule has 1 fully saturated rings. The van der Waals surface area contributed by atoms with E-state index in [1.165, 1.54) is 6.92 Å². The summed E-state index contributed by atoms with van der Waals surface area (Å²) in [6, 6.07) is 5.57. The van der Waals surface area contributed by atoms with Crippen LogP contribution >= 0.6 is 23.4 Å². The molecule has 0 amide bonds. The Morgan fingerprint density at radius 1 is 1.53 bits per heavy atom. The van der Waals surface area contributed by atoms with E-state index in [0.717, 1.165) is 18.1 Å². The van der Waals surface area contributed by atoms with Crippen LogP contribution < -0.4 is 0 Å². The van der Waals surface area contributed by atoms with Crippen molar-refractivity contribution < 1.29 is 9.53 Å². The number of hydrogen-bond acceptors (Lipinski definition) is 3. The first-order valence-electron chi connectivity index (χ1n) is 4.71. The zero-order chi connectivity index (χ0) is 10.8. The van der Waals surface area contributed by atoms with Gasteiger partial charge in [-0.25, -0.2) is 0 Å². The topological polar surface area (TPSA) is 26.3 Å². The third-order valence-electron chi connectivity index (χ3n) is 2.23. The van der Waals surface area contributed by atoms with Crippen LogP contribution in [0.1, 0.15) is 17.3 Å². The third-order valence-corrected chi connectivity index (χ3v) is 3.67. The van der Waals surface area contributed by atoms with Gasteiger partial charge in [0.15, 0.2) is 5.78 Å². The highest BCUT2D eigenvalue weighted by molar-refractivity contribution is 8.00. The molecule has 1 aromatic rings. The lowest BCUT2D eigenvalue weighted by molar-refractivity contribution is 0.0455. The Morgan fingerprint density at radius 3 is 2.73 bits per heavy atom. The molecule has 4 heteroatoms. The summed E-state index contributed by atoms with van der Waals surface area (Å²) < 4.78 is 5.09. The largest absolute Gasteiger partial charge is 0.379 e. The lowest BCUT2D eigenvalue weighted by atomic mass is 10.1. The molecular weight excluding hydrogens is 232 g/mol. The Kier molecular flexibility index (Phi) is 3.34. The van der Waals surface area contributed by atoms with E-state index in [1.807, 2.05) is 12.1 Å². The lowest BCUT2D eigenvalue weighted by Crippen LogP contribution is -2.29. The Labute approximate surface area is 98.0 Å². The van der Waals surface area contributed by atoms with Gasteiger partial charge in [-0.15, -0.1) is 11.8 Å². The molecule has 0 unspecified atom stereocenters. The average molecular weight is 243 g/mol. The standard InChI is InChI=1S/C11H11ClO2S/c1-7(13)10-3-2-8(4-11(10)12)15-9-5-14-6-9/h2-4,9H,5-6H2,1H3. The van der Waals surface area contributed by atoms with Gasteiger partial charge in [-0.05, 0) is 25.1 Å². The molecule has 80 valence electrons. The molecule has 0 saturated carbocycles. The average Bonchev–Trinajstić information content (AvgIpc) is 2.11. The predicted octanol–water partition coefficient (Wildman–Crippen LogP) is 3.03. The van der Waals surface area contributed by atoms with E-state index >= 15 is 0 Å². The fraction of sp³-hybridized carbons (Fsp3) is 0.364. The number of benzene rings is 1. The Hall–Kier alpha value is -0.510. The van der Waals surface area contributed by atoms with E-state index in [4.69, 9.17) is 16.3 Å². The summed E-state index contributed by atoms with van der Waals surface area (Å²) in [6.45, 7) is 3.13. The molecule has 1 saturated heterocycles. The van der Waals surface area contributed by atoms with Crippen molar-refractivity contribution >= 4 is 29.1 Å². The van der Waals surface area contributed by atoms with Crippen LogP contribution in [0.2, 0.25) is 5.02 Å². The van der Waals surface area contributed by atoms with Gasteiger partial charge < -0.3 is 4.74 Å². The number of rotatable bonds is 3. The summed E-state index contributed by atoms with van der Waals surface area (Å²) in [4.78, 5) is 12.3. The van der Waals surface area contributed by atoms with Crippen molar-refractivity contribution in [3.8, 4) is 0 Å². The molecule has 0 aromatic heterocycles. The highest BCUT2D eigenvalue weighted by Crippen LogP contribution is 2.31. The maximum absolute atomic E-state index is 11.2. The number of Topliss-reactive ketones (excluding diaryl/α,β-unsaturated/α-hetero) is 1. The van der Waals surface area contributed by atoms with Crippen LogP contribution in [-0.2, 0) is 4.74 Å². The van der Waals surface area contributed by atoms with Crippen LogP contribution in [0.15, 0.2) is 23.1 Å². The molecule has 0 radical (unpaired) electrons. The highest BCUT2D eigenvalue weighted by Gasteiger charge is 2.19. The Morgan fingerprint density at radius 2 is 2.27 bits per heavy atom. The van der Waals surface area contributed by atoms with Crippen LogP contribution in [0.5, 0.6) is 0 Å². The van der Waals surface area contributed by atoms with Gasteiger partial charge in [0, 0.05) is 10.5 Å². The van der Waals surface area contributed by atoms with Crippen LogP contribution in [0.25, 0.3) is 0 Å². The maximum atomic E-state index is 11.2. The van der Waals surface area contributed by atoms with E-state index in [1.54, 1.807) is 17.8 Å². The van der Waals surface area contributed by atoms with Gasteiger partial charge in [0.05, 0.1) is 23.5 Å². The molecule has 2 nitrogen and oxygen atoms in total. The number of ketones is 1. The monoisotopic (exact) mass is 242 g/mol. The molecule has 1 aromatic carbocycles. The van der Waals surface area contributed by atoms with Gasteiger partial charge in [-0.1, -0.05) is 11.6 Å². The minimum atomic E-state index is 0.00327. The normalized spacial score (nSPS) is 16.1. The first kappa shape index (κ1) is 11.0. The van der Waals surface area contributed by atoms with Gasteiger partial charge in [0.1, 0.15) is 0 Å². The lowest BCUT2D eigenvalue weighted by Gasteiger charge is -2.25. The maximum Gasteiger partial charge on any atom is 0.161 e. The predicted molar refractivity (Wildman–Crippen MR) is 61.9 cm³/mol. The van der Waals surface area contributed by atoms with Gasteiger partial charge >= 0.3 is 0 Å². The van der Waals surface area contributed by atoms with Gasteiger partial charge in [0.25, 0.3) is 0 Å². The molecule has 0 bridgehead atoms. The molecule has 0 N–H and O–H groups in total. The van der Waals surface area contributed by atoms with Crippen molar-refractivity contribution in [2.24, 2.45) is 0 Å². The van der Waals surface area contributed by atoms with Crippen molar-refractivity contribution in [3.05, 3.63) is 28.8 Å². The summed E-state index contributed by atoms with van der Waals surface area (Å²) in [7, 11) is 0. The minimum Gasteiger partial charge on any atom is -0.379 e. The summed E-state index contributed by atoms with van der Waals surface area (Å²) >= 11 is 7.75. The summed E-state index contributed by atoms with van der Waals surface area (Å²) in [6.07, 6.45) is 0. The Balaban J connectivity index is 2.13. The molecular formula is C11H11ClO2S. The smallest absolute Gasteiger partial charge is 0.161 e. The minimum absolute atomic E-state index is 0.00327. The molecule has 2 rings (SSSR count). The van der Waals surface area contributed by atoms with Crippen LogP contribution in [0.4, 0.5) is 0 Å². The van der Waals surface area contributed by atoms with E-state index in [0.29, 0.717) is 15.8 Å². The van der Waals surface area contributed by atoms with Crippen molar-refractivity contribution in [1.82, 2.24) is 0 Å². The van der Waals surface area contributed by atoms with Crippen molar-refractivity contribution in [3.63, 3.8) is 0 Å². The molecule has 1 aliphatic rings. The first-order valence-corrected chi connectivity index (χ1v) is 5.97. The Bertz CT molecular complexity index is 388. The van der Waals surface area contributed by atoms with Crippen LogP contribution in [-0.4, -0.2) is 24.2 Å². The first-order chi connectivity index (χ1) is 7.16. The van der Waals surface area contributed by atoms with Crippen LogP contribution in [0, 0.1) is 0 Å². The highest BCUT2D eigenvalue weighted by atomic mass is 35.5. The van der Waals surface area contributed by atoms with E-state index in [2.05, 4.69) is 0 Å². The molecule has 15 heavy (non-hydrogen) atoms. The van der Waals surface area contributed by atoms with E-state index < -0.39 is 0 Å².